The lowest BCUT2D eigenvalue weighted by atomic mass is 10.1. The van der Waals surface area contributed by atoms with E-state index in [1.165, 1.54) is 28.6 Å². The van der Waals surface area contributed by atoms with Gasteiger partial charge < -0.3 is 5.11 Å². The predicted octanol–water partition coefficient (Wildman–Crippen LogP) is 4.23. The Bertz CT molecular complexity index is 796. The third-order valence-corrected chi connectivity index (χ3v) is 4.21. The summed E-state index contributed by atoms with van der Waals surface area (Å²) < 4.78 is 0. The number of aromatic nitrogens is 1. The molecule has 3 aromatic rings. The summed E-state index contributed by atoms with van der Waals surface area (Å²) in [6, 6.07) is 17.6. The van der Waals surface area contributed by atoms with Crippen molar-refractivity contribution in [1.82, 2.24) is 4.98 Å². The molecule has 0 saturated heterocycles. The van der Waals surface area contributed by atoms with E-state index in [0.29, 0.717) is 0 Å². The zero-order chi connectivity index (χ0) is 14.7. The molecule has 0 spiro atoms. The second-order valence-corrected chi connectivity index (χ2v) is 5.61. The molecule has 21 heavy (non-hydrogen) atoms. The molecule has 4 heteroatoms. The van der Waals surface area contributed by atoms with E-state index in [1.807, 2.05) is 18.2 Å². The summed E-state index contributed by atoms with van der Waals surface area (Å²) in [5.74, 6) is -0.165. The zero-order valence-corrected chi connectivity index (χ0v) is 12.0. The van der Waals surface area contributed by atoms with E-state index in [4.69, 9.17) is 5.11 Å². The van der Waals surface area contributed by atoms with Gasteiger partial charge in [-0.3, -0.25) is 0 Å². The summed E-state index contributed by atoms with van der Waals surface area (Å²) in [6.07, 6.45) is 1.54. The first-order chi connectivity index (χ1) is 10.2. The minimum atomic E-state index is -0.926. The van der Waals surface area contributed by atoms with Crippen LogP contribution in [0, 0.1) is 0 Å². The van der Waals surface area contributed by atoms with Crippen LogP contribution in [-0.2, 0) is 5.75 Å². The molecule has 3 nitrogen and oxygen atoms in total. The summed E-state index contributed by atoms with van der Waals surface area (Å²) in [6.45, 7) is 0. The SMILES string of the molecule is O=C(O)c1ccnc(SCc2cccc3ccccc23)c1. The van der Waals surface area contributed by atoms with Gasteiger partial charge in [-0.25, -0.2) is 9.78 Å². The topological polar surface area (TPSA) is 50.2 Å². The van der Waals surface area contributed by atoms with Crippen molar-refractivity contribution in [2.45, 2.75) is 10.8 Å². The first-order valence-corrected chi connectivity index (χ1v) is 7.51. The van der Waals surface area contributed by atoms with E-state index < -0.39 is 5.97 Å². The molecule has 104 valence electrons. The van der Waals surface area contributed by atoms with Crippen LogP contribution >= 0.6 is 11.8 Å². The number of fused-ring (bicyclic) bond motifs is 1. The van der Waals surface area contributed by atoms with Crippen molar-refractivity contribution in [2.24, 2.45) is 0 Å². The van der Waals surface area contributed by atoms with E-state index in [1.54, 1.807) is 17.8 Å². The number of hydrogen-bond acceptors (Lipinski definition) is 3. The largest absolute Gasteiger partial charge is 0.478 e. The van der Waals surface area contributed by atoms with Crippen LogP contribution in [0.2, 0.25) is 0 Å². The van der Waals surface area contributed by atoms with Gasteiger partial charge in [0, 0.05) is 11.9 Å². The molecule has 3 rings (SSSR count). The van der Waals surface area contributed by atoms with Crippen LogP contribution in [0.15, 0.2) is 65.8 Å². The molecule has 0 saturated carbocycles. The Morgan fingerprint density at radius 1 is 1.10 bits per heavy atom. The average molecular weight is 295 g/mol. The van der Waals surface area contributed by atoms with E-state index in [9.17, 15) is 4.79 Å². The molecule has 0 unspecified atom stereocenters. The Morgan fingerprint density at radius 2 is 1.90 bits per heavy atom. The highest BCUT2D eigenvalue weighted by atomic mass is 32.2. The minimum Gasteiger partial charge on any atom is -0.478 e. The van der Waals surface area contributed by atoms with E-state index in [0.717, 1.165) is 10.8 Å². The van der Waals surface area contributed by atoms with Crippen molar-refractivity contribution in [2.75, 3.05) is 0 Å². The van der Waals surface area contributed by atoms with Gasteiger partial charge in [-0.1, -0.05) is 42.5 Å². The molecule has 1 N–H and O–H groups in total. The summed E-state index contributed by atoms with van der Waals surface area (Å²) in [5, 5.41) is 12.2. The van der Waals surface area contributed by atoms with Gasteiger partial charge in [0.2, 0.25) is 0 Å². The normalized spacial score (nSPS) is 10.7. The molecule has 0 atom stereocenters. The van der Waals surface area contributed by atoms with Gasteiger partial charge >= 0.3 is 5.97 Å². The molecule has 1 aromatic heterocycles. The molecular weight excluding hydrogens is 282 g/mol. The Kier molecular flexibility index (Phi) is 3.88. The molecule has 0 radical (unpaired) electrons. The number of carbonyl (C=O) groups is 1. The lowest BCUT2D eigenvalue weighted by molar-refractivity contribution is 0.0696. The average Bonchev–Trinajstić information content (AvgIpc) is 2.53. The number of carboxylic acid groups (broad SMARTS) is 1. The maximum Gasteiger partial charge on any atom is 0.335 e. The molecule has 0 amide bonds. The van der Waals surface area contributed by atoms with Crippen molar-refractivity contribution in [3.05, 3.63) is 71.9 Å². The van der Waals surface area contributed by atoms with Crippen LogP contribution in [0.4, 0.5) is 0 Å². The first kappa shape index (κ1) is 13.6. The molecular formula is C17H13NO2S. The van der Waals surface area contributed by atoms with Gasteiger partial charge in [-0.05, 0) is 28.5 Å². The third kappa shape index (κ3) is 3.06. The second kappa shape index (κ2) is 5.97. The summed E-state index contributed by atoms with van der Waals surface area (Å²) in [7, 11) is 0. The summed E-state index contributed by atoms with van der Waals surface area (Å²) in [4.78, 5) is 15.2. The predicted molar refractivity (Wildman–Crippen MR) is 84.7 cm³/mol. The number of carboxylic acids is 1. The van der Waals surface area contributed by atoms with E-state index >= 15 is 0 Å². The van der Waals surface area contributed by atoms with Crippen molar-refractivity contribution < 1.29 is 9.90 Å². The van der Waals surface area contributed by atoms with Crippen LogP contribution in [-0.4, -0.2) is 16.1 Å². The number of aromatic carboxylic acids is 1. The van der Waals surface area contributed by atoms with Crippen LogP contribution in [0.25, 0.3) is 10.8 Å². The van der Waals surface area contributed by atoms with Crippen molar-refractivity contribution >= 4 is 28.5 Å². The van der Waals surface area contributed by atoms with Crippen molar-refractivity contribution in [3.63, 3.8) is 0 Å². The maximum atomic E-state index is 11.0. The van der Waals surface area contributed by atoms with Gasteiger partial charge in [-0.2, -0.15) is 0 Å². The number of thioether (sulfide) groups is 1. The smallest absolute Gasteiger partial charge is 0.335 e. The molecule has 0 aliphatic heterocycles. The fraction of sp³-hybridized carbons (Fsp3) is 0.0588. The number of rotatable bonds is 4. The van der Waals surface area contributed by atoms with Crippen LogP contribution in [0.5, 0.6) is 0 Å². The quantitative estimate of drug-likeness (QED) is 0.732. The second-order valence-electron chi connectivity index (χ2n) is 4.61. The van der Waals surface area contributed by atoms with Crippen LogP contribution < -0.4 is 0 Å². The Morgan fingerprint density at radius 3 is 2.76 bits per heavy atom. The fourth-order valence-corrected chi connectivity index (χ4v) is 3.09. The van der Waals surface area contributed by atoms with Gasteiger partial charge in [0.25, 0.3) is 0 Å². The summed E-state index contributed by atoms with van der Waals surface area (Å²) >= 11 is 1.55. The molecule has 0 aliphatic carbocycles. The fourth-order valence-electron chi connectivity index (χ4n) is 2.19. The Labute approximate surface area is 126 Å². The monoisotopic (exact) mass is 295 g/mol. The zero-order valence-electron chi connectivity index (χ0n) is 11.2. The Balaban J connectivity index is 1.84. The van der Waals surface area contributed by atoms with Crippen LogP contribution in [0.3, 0.4) is 0 Å². The van der Waals surface area contributed by atoms with E-state index in [2.05, 4.69) is 29.2 Å². The first-order valence-electron chi connectivity index (χ1n) is 6.53. The molecule has 2 aromatic carbocycles. The molecule has 1 heterocycles. The molecule has 0 fully saturated rings. The van der Waals surface area contributed by atoms with Gasteiger partial charge in [0.05, 0.1) is 10.6 Å². The summed E-state index contributed by atoms with van der Waals surface area (Å²) in [5.41, 5.74) is 1.49. The van der Waals surface area contributed by atoms with Gasteiger partial charge in [-0.15, -0.1) is 11.8 Å². The highest BCUT2D eigenvalue weighted by molar-refractivity contribution is 7.98. The minimum absolute atomic E-state index is 0.269. The molecule has 0 aliphatic rings. The maximum absolute atomic E-state index is 11.0. The Hall–Kier alpha value is -2.33. The van der Waals surface area contributed by atoms with Crippen LogP contribution in [0.1, 0.15) is 15.9 Å². The van der Waals surface area contributed by atoms with E-state index in [-0.39, 0.29) is 5.56 Å². The van der Waals surface area contributed by atoms with Gasteiger partial charge in [0.1, 0.15) is 0 Å². The van der Waals surface area contributed by atoms with Crippen molar-refractivity contribution in [3.8, 4) is 0 Å². The number of hydrogen-bond donors (Lipinski definition) is 1. The highest BCUT2D eigenvalue weighted by Crippen LogP contribution is 2.26. The van der Waals surface area contributed by atoms with Gasteiger partial charge in [0.15, 0.2) is 0 Å². The van der Waals surface area contributed by atoms with Crippen molar-refractivity contribution in [1.29, 1.82) is 0 Å². The molecule has 0 bridgehead atoms. The lowest BCUT2D eigenvalue weighted by Gasteiger charge is -2.06. The number of benzene rings is 2. The third-order valence-electron chi connectivity index (χ3n) is 3.24. The number of pyridine rings is 1. The lowest BCUT2D eigenvalue weighted by Crippen LogP contribution is -1.96. The number of nitrogens with zero attached hydrogens (tertiary/aromatic N) is 1. The standard InChI is InChI=1S/C17H13NO2S/c19-17(20)13-8-9-18-16(10-13)21-11-14-6-3-5-12-4-1-2-7-15(12)14/h1-10H,11H2,(H,19,20). The highest BCUT2D eigenvalue weighted by Gasteiger charge is 2.06.